The van der Waals surface area contributed by atoms with E-state index in [1.807, 2.05) is 24.3 Å². The van der Waals surface area contributed by atoms with Crippen molar-refractivity contribution in [3.8, 4) is 0 Å². The van der Waals surface area contributed by atoms with Crippen LogP contribution >= 0.6 is 0 Å². The van der Waals surface area contributed by atoms with Gasteiger partial charge in [0.2, 0.25) is 5.91 Å². The molecule has 0 radical (unpaired) electrons. The normalized spacial score (nSPS) is 10.5. The van der Waals surface area contributed by atoms with Crippen LogP contribution in [0.3, 0.4) is 0 Å². The zero-order valence-corrected chi connectivity index (χ0v) is 12.0. The highest BCUT2D eigenvalue weighted by molar-refractivity contribution is 5.90. The smallest absolute Gasteiger partial charge is 0.224 e. The molecule has 0 unspecified atom stereocenters. The molecule has 0 saturated heterocycles. The highest BCUT2D eigenvalue weighted by atomic mass is 16.1. The Balaban J connectivity index is 1.84. The Morgan fingerprint density at radius 3 is 2.95 bits per heavy atom. The van der Waals surface area contributed by atoms with E-state index in [0.29, 0.717) is 19.5 Å². The minimum atomic E-state index is 0.0462. The van der Waals surface area contributed by atoms with Gasteiger partial charge in [0.05, 0.1) is 6.54 Å². The maximum absolute atomic E-state index is 11.8. The fourth-order valence-corrected chi connectivity index (χ4v) is 2.08. The van der Waals surface area contributed by atoms with Gasteiger partial charge in [0.1, 0.15) is 12.7 Å². The van der Waals surface area contributed by atoms with Crippen molar-refractivity contribution >= 4 is 11.6 Å². The molecule has 1 amide bonds. The fourth-order valence-electron chi connectivity index (χ4n) is 2.08. The molecule has 0 saturated carbocycles. The fraction of sp³-hybridized carbons (Fsp3) is 0.400. The molecule has 6 heteroatoms. The monoisotopic (exact) mass is 287 g/mol. The molecule has 21 heavy (non-hydrogen) atoms. The second-order valence-corrected chi connectivity index (χ2v) is 4.94. The number of anilines is 1. The van der Waals surface area contributed by atoms with Crippen LogP contribution in [0.5, 0.6) is 0 Å². The van der Waals surface area contributed by atoms with E-state index in [1.165, 1.54) is 6.33 Å². The summed E-state index contributed by atoms with van der Waals surface area (Å²) in [7, 11) is 0. The molecule has 112 valence electrons. The van der Waals surface area contributed by atoms with Gasteiger partial charge in [-0.25, -0.2) is 9.67 Å². The minimum absolute atomic E-state index is 0.0462. The molecule has 0 spiro atoms. The van der Waals surface area contributed by atoms with Gasteiger partial charge in [-0.1, -0.05) is 18.6 Å². The lowest BCUT2D eigenvalue weighted by Crippen LogP contribution is -2.11. The number of amides is 1. The van der Waals surface area contributed by atoms with Crippen molar-refractivity contribution in [2.24, 2.45) is 5.73 Å². The first kappa shape index (κ1) is 15.2. The molecule has 0 aliphatic rings. The van der Waals surface area contributed by atoms with Crippen LogP contribution in [0.2, 0.25) is 0 Å². The highest BCUT2D eigenvalue weighted by Crippen LogP contribution is 2.12. The number of benzene rings is 1. The summed E-state index contributed by atoms with van der Waals surface area (Å²) in [5.74, 6) is 0.0462. The number of nitrogens with two attached hydrogens (primary N) is 1. The molecule has 0 fully saturated rings. The summed E-state index contributed by atoms with van der Waals surface area (Å²) in [6.45, 7) is 1.33. The molecule has 1 heterocycles. The van der Waals surface area contributed by atoms with Crippen molar-refractivity contribution in [3.63, 3.8) is 0 Å². The lowest BCUT2D eigenvalue weighted by molar-refractivity contribution is -0.116. The van der Waals surface area contributed by atoms with Crippen molar-refractivity contribution < 1.29 is 4.79 Å². The molecule has 6 nitrogen and oxygen atoms in total. The number of hydrogen-bond acceptors (Lipinski definition) is 4. The average molecular weight is 287 g/mol. The Morgan fingerprint density at radius 2 is 2.19 bits per heavy atom. The molecule has 1 aromatic heterocycles. The van der Waals surface area contributed by atoms with Crippen molar-refractivity contribution in [2.45, 2.75) is 32.2 Å². The Hall–Kier alpha value is -2.21. The van der Waals surface area contributed by atoms with Crippen LogP contribution in [0, 0.1) is 0 Å². The average Bonchev–Trinajstić information content (AvgIpc) is 2.97. The van der Waals surface area contributed by atoms with E-state index in [9.17, 15) is 4.79 Å². The first-order valence-corrected chi connectivity index (χ1v) is 7.19. The van der Waals surface area contributed by atoms with Gasteiger partial charge in [-0.2, -0.15) is 5.10 Å². The number of hydrogen-bond donors (Lipinski definition) is 2. The summed E-state index contributed by atoms with van der Waals surface area (Å²) in [6, 6.07) is 7.77. The molecule has 2 rings (SSSR count). The maximum Gasteiger partial charge on any atom is 0.224 e. The van der Waals surface area contributed by atoms with Crippen LogP contribution in [-0.4, -0.2) is 27.2 Å². The van der Waals surface area contributed by atoms with Crippen LogP contribution in [0.4, 0.5) is 5.69 Å². The zero-order chi connectivity index (χ0) is 14.9. The van der Waals surface area contributed by atoms with Crippen molar-refractivity contribution in [1.29, 1.82) is 0 Å². The summed E-state index contributed by atoms with van der Waals surface area (Å²) < 4.78 is 1.74. The van der Waals surface area contributed by atoms with E-state index < -0.39 is 0 Å². The van der Waals surface area contributed by atoms with Crippen LogP contribution in [0.1, 0.15) is 31.2 Å². The number of nitrogens with zero attached hydrogens (tertiary/aromatic N) is 3. The van der Waals surface area contributed by atoms with E-state index in [0.717, 1.165) is 30.5 Å². The van der Waals surface area contributed by atoms with Gasteiger partial charge >= 0.3 is 0 Å². The highest BCUT2D eigenvalue weighted by Gasteiger charge is 2.03. The van der Waals surface area contributed by atoms with Gasteiger partial charge in [-0.3, -0.25) is 4.79 Å². The van der Waals surface area contributed by atoms with Gasteiger partial charge in [-0.05, 0) is 37.1 Å². The number of carbonyl (C=O) groups is 1. The lowest BCUT2D eigenvalue weighted by Gasteiger charge is -2.07. The van der Waals surface area contributed by atoms with E-state index in [4.69, 9.17) is 5.73 Å². The van der Waals surface area contributed by atoms with Crippen molar-refractivity contribution in [1.82, 2.24) is 14.8 Å². The molecule has 1 aromatic carbocycles. The van der Waals surface area contributed by atoms with Gasteiger partial charge < -0.3 is 11.1 Å². The summed E-state index contributed by atoms with van der Waals surface area (Å²) in [4.78, 5) is 15.7. The van der Waals surface area contributed by atoms with E-state index >= 15 is 0 Å². The summed E-state index contributed by atoms with van der Waals surface area (Å²) in [6.07, 6.45) is 6.56. The molecule has 0 aliphatic heterocycles. The number of rotatable bonds is 8. The topological polar surface area (TPSA) is 85.8 Å². The Bertz CT molecular complexity index is 553. The predicted molar refractivity (Wildman–Crippen MR) is 81.7 cm³/mol. The third-order valence-electron chi connectivity index (χ3n) is 3.13. The van der Waals surface area contributed by atoms with Gasteiger partial charge in [-0.15, -0.1) is 0 Å². The van der Waals surface area contributed by atoms with Crippen molar-refractivity contribution in [2.75, 3.05) is 11.9 Å². The van der Waals surface area contributed by atoms with E-state index in [2.05, 4.69) is 15.4 Å². The maximum atomic E-state index is 11.8. The Labute approximate surface area is 124 Å². The lowest BCUT2D eigenvalue weighted by atomic mass is 10.1. The Kier molecular flexibility index (Phi) is 5.90. The third-order valence-corrected chi connectivity index (χ3v) is 3.13. The molecule has 2 aromatic rings. The number of unbranched alkanes of at least 4 members (excludes halogenated alkanes) is 2. The molecule has 0 bridgehead atoms. The second kappa shape index (κ2) is 8.16. The third kappa shape index (κ3) is 5.35. The predicted octanol–water partition coefficient (Wildman–Crippen LogP) is 1.78. The summed E-state index contributed by atoms with van der Waals surface area (Å²) >= 11 is 0. The molecular weight excluding hydrogens is 266 g/mol. The van der Waals surface area contributed by atoms with E-state index in [1.54, 1.807) is 11.0 Å². The quantitative estimate of drug-likeness (QED) is 0.725. The Morgan fingerprint density at radius 1 is 1.29 bits per heavy atom. The summed E-state index contributed by atoms with van der Waals surface area (Å²) in [5, 5.41) is 6.99. The largest absolute Gasteiger partial charge is 0.330 e. The molecule has 3 N–H and O–H groups in total. The first-order chi connectivity index (χ1) is 10.3. The zero-order valence-electron chi connectivity index (χ0n) is 12.0. The minimum Gasteiger partial charge on any atom is -0.330 e. The number of carbonyl (C=O) groups excluding carboxylic acids is 1. The number of aromatic nitrogens is 3. The molecule has 0 atom stereocenters. The second-order valence-electron chi connectivity index (χ2n) is 4.94. The first-order valence-electron chi connectivity index (χ1n) is 7.19. The van der Waals surface area contributed by atoms with E-state index in [-0.39, 0.29) is 5.91 Å². The van der Waals surface area contributed by atoms with Gasteiger partial charge in [0.25, 0.3) is 0 Å². The van der Waals surface area contributed by atoms with Crippen molar-refractivity contribution in [3.05, 3.63) is 42.5 Å². The van der Waals surface area contributed by atoms with Crippen LogP contribution < -0.4 is 11.1 Å². The molecular formula is C15H21N5O. The standard InChI is InChI=1S/C15H21N5O/c16-8-3-1-2-7-15(21)19-14-6-4-5-13(9-14)10-20-12-17-11-18-20/h4-6,9,11-12H,1-3,7-8,10,16H2,(H,19,21). The van der Waals surface area contributed by atoms with Crippen LogP contribution in [0.15, 0.2) is 36.9 Å². The van der Waals surface area contributed by atoms with Crippen LogP contribution in [0.25, 0.3) is 0 Å². The SMILES string of the molecule is NCCCCCC(=O)Nc1cccc(Cn2cncn2)c1. The van der Waals surface area contributed by atoms with Gasteiger partial charge in [0.15, 0.2) is 0 Å². The van der Waals surface area contributed by atoms with Gasteiger partial charge in [0, 0.05) is 12.1 Å². The number of nitrogens with one attached hydrogen (secondary N) is 1. The van der Waals surface area contributed by atoms with Crippen LogP contribution in [-0.2, 0) is 11.3 Å². The summed E-state index contributed by atoms with van der Waals surface area (Å²) in [5.41, 5.74) is 7.32. The molecule has 0 aliphatic carbocycles.